The molecular formula is C18H11F5N2OS. The maximum Gasteiger partial charge on any atom is 0.435 e. The third kappa shape index (κ3) is 3.97. The van der Waals surface area contributed by atoms with Gasteiger partial charge in [0.2, 0.25) is 0 Å². The van der Waals surface area contributed by atoms with Gasteiger partial charge in [-0.2, -0.15) is 13.2 Å². The van der Waals surface area contributed by atoms with Crippen molar-refractivity contribution in [1.82, 2.24) is 4.98 Å². The van der Waals surface area contributed by atoms with Crippen LogP contribution < -0.4 is 5.32 Å². The van der Waals surface area contributed by atoms with Crippen molar-refractivity contribution in [3.63, 3.8) is 0 Å². The smallest absolute Gasteiger partial charge is 0.321 e. The van der Waals surface area contributed by atoms with Crippen molar-refractivity contribution in [1.29, 1.82) is 0 Å². The molecule has 3 rings (SSSR count). The Bertz CT molecular complexity index is 1010. The molecule has 0 saturated carbocycles. The second-order valence-corrected chi connectivity index (χ2v) is 6.74. The van der Waals surface area contributed by atoms with Crippen LogP contribution >= 0.6 is 11.3 Å². The zero-order chi connectivity index (χ0) is 19.8. The van der Waals surface area contributed by atoms with Gasteiger partial charge in [0, 0.05) is 22.9 Å². The quantitative estimate of drug-likeness (QED) is 0.578. The predicted molar refractivity (Wildman–Crippen MR) is 91.6 cm³/mol. The summed E-state index contributed by atoms with van der Waals surface area (Å²) in [7, 11) is 0. The molecule has 0 aliphatic carbocycles. The first-order chi connectivity index (χ1) is 12.7. The minimum absolute atomic E-state index is 0.00355. The van der Waals surface area contributed by atoms with E-state index in [1.807, 2.05) is 0 Å². The monoisotopic (exact) mass is 398 g/mol. The third-order valence-corrected chi connectivity index (χ3v) is 4.57. The maximum atomic E-state index is 14.1. The van der Waals surface area contributed by atoms with Crippen molar-refractivity contribution in [3.8, 4) is 11.1 Å². The van der Waals surface area contributed by atoms with Crippen LogP contribution in [0.2, 0.25) is 0 Å². The maximum absolute atomic E-state index is 14.1. The van der Waals surface area contributed by atoms with E-state index in [4.69, 9.17) is 0 Å². The molecule has 3 aromatic rings. The number of amides is 1. The minimum atomic E-state index is -4.78. The lowest BCUT2D eigenvalue weighted by Crippen LogP contribution is -2.17. The van der Waals surface area contributed by atoms with Gasteiger partial charge in [-0.1, -0.05) is 18.2 Å². The van der Waals surface area contributed by atoms with Gasteiger partial charge in [-0.25, -0.2) is 13.8 Å². The van der Waals surface area contributed by atoms with Gasteiger partial charge in [0.15, 0.2) is 5.69 Å². The molecule has 0 fully saturated rings. The number of thiazole rings is 1. The molecule has 140 valence electrons. The number of nitrogens with zero attached hydrogens (tertiary/aromatic N) is 1. The van der Waals surface area contributed by atoms with Crippen LogP contribution in [0.3, 0.4) is 0 Å². The zero-order valence-electron chi connectivity index (χ0n) is 13.7. The normalized spacial score (nSPS) is 11.5. The lowest BCUT2D eigenvalue weighted by molar-refractivity contribution is -0.141. The van der Waals surface area contributed by atoms with E-state index in [2.05, 4.69) is 10.3 Å². The highest BCUT2D eigenvalue weighted by atomic mass is 32.1. The predicted octanol–water partition coefficient (Wildman–Crippen LogP) is 5.67. The molecular weight excluding hydrogens is 387 g/mol. The summed E-state index contributed by atoms with van der Waals surface area (Å²) in [6.07, 6.45) is -4.78. The number of hydrogen-bond donors (Lipinski definition) is 1. The average Bonchev–Trinajstić information content (AvgIpc) is 2.98. The van der Waals surface area contributed by atoms with Crippen LogP contribution in [0.15, 0.2) is 42.5 Å². The van der Waals surface area contributed by atoms with E-state index in [1.54, 1.807) is 6.07 Å². The van der Waals surface area contributed by atoms with Crippen LogP contribution in [-0.4, -0.2) is 10.9 Å². The SMILES string of the molecule is Cc1nc(C(F)(F)F)c(C(=O)Nc2ccccc2-c2ccc(F)cc2F)s1. The summed E-state index contributed by atoms with van der Waals surface area (Å²) >= 11 is 0.609. The number of para-hydroxylation sites is 1. The molecule has 0 radical (unpaired) electrons. The number of rotatable bonds is 3. The fourth-order valence-corrected chi connectivity index (χ4v) is 3.32. The van der Waals surface area contributed by atoms with E-state index in [0.29, 0.717) is 17.4 Å². The van der Waals surface area contributed by atoms with Crippen LogP contribution in [0.4, 0.5) is 27.6 Å². The van der Waals surface area contributed by atoms with E-state index in [1.165, 1.54) is 31.2 Å². The molecule has 1 N–H and O–H groups in total. The Morgan fingerprint density at radius 1 is 1.07 bits per heavy atom. The minimum Gasteiger partial charge on any atom is -0.321 e. The second-order valence-electron chi connectivity index (χ2n) is 5.53. The topological polar surface area (TPSA) is 42.0 Å². The Hall–Kier alpha value is -2.81. The Morgan fingerprint density at radius 2 is 1.78 bits per heavy atom. The van der Waals surface area contributed by atoms with Crippen LogP contribution in [-0.2, 0) is 6.18 Å². The molecule has 2 aromatic carbocycles. The van der Waals surface area contributed by atoms with E-state index < -0.39 is 34.3 Å². The van der Waals surface area contributed by atoms with Crippen molar-refractivity contribution >= 4 is 22.9 Å². The first-order valence-corrected chi connectivity index (χ1v) is 8.39. The largest absolute Gasteiger partial charge is 0.435 e. The molecule has 27 heavy (non-hydrogen) atoms. The molecule has 1 amide bonds. The number of benzene rings is 2. The van der Waals surface area contributed by atoms with Crippen molar-refractivity contribution in [2.75, 3.05) is 5.32 Å². The molecule has 0 atom stereocenters. The molecule has 3 nitrogen and oxygen atoms in total. The molecule has 0 aliphatic rings. The van der Waals surface area contributed by atoms with Gasteiger partial charge in [0.25, 0.3) is 5.91 Å². The summed E-state index contributed by atoms with van der Waals surface area (Å²) in [5.74, 6) is -2.64. The highest BCUT2D eigenvalue weighted by Gasteiger charge is 2.39. The van der Waals surface area contributed by atoms with Gasteiger partial charge in [-0.3, -0.25) is 4.79 Å². The first kappa shape index (κ1) is 19.0. The molecule has 0 saturated heterocycles. The van der Waals surface area contributed by atoms with E-state index in [-0.39, 0.29) is 21.8 Å². The number of halogens is 5. The van der Waals surface area contributed by atoms with Crippen molar-refractivity contribution in [2.45, 2.75) is 13.1 Å². The number of carbonyl (C=O) groups excluding carboxylic acids is 1. The number of nitrogens with one attached hydrogen (secondary N) is 1. The number of aryl methyl sites for hydroxylation is 1. The third-order valence-electron chi connectivity index (χ3n) is 3.61. The molecule has 0 aliphatic heterocycles. The summed E-state index contributed by atoms with van der Waals surface area (Å²) in [5, 5.41) is 2.45. The van der Waals surface area contributed by atoms with Crippen LogP contribution in [0.1, 0.15) is 20.4 Å². The highest BCUT2D eigenvalue weighted by molar-refractivity contribution is 7.13. The zero-order valence-corrected chi connectivity index (χ0v) is 14.5. The summed E-state index contributed by atoms with van der Waals surface area (Å²) in [6.45, 7) is 1.36. The second kappa shape index (κ2) is 7.07. The van der Waals surface area contributed by atoms with Crippen LogP contribution in [0.25, 0.3) is 11.1 Å². The number of alkyl halides is 3. The van der Waals surface area contributed by atoms with Gasteiger partial charge < -0.3 is 5.32 Å². The molecule has 9 heteroatoms. The van der Waals surface area contributed by atoms with Crippen LogP contribution in [0, 0.1) is 18.6 Å². The Kier molecular flexibility index (Phi) is 4.97. The molecule has 0 bridgehead atoms. The highest BCUT2D eigenvalue weighted by Crippen LogP contribution is 2.36. The van der Waals surface area contributed by atoms with Crippen molar-refractivity contribution < 1.29 is 26.7 Å². The van der Waals surface area contributed by atoms with E-state index in [0.717, 1.165) is 6.07 Å². The number of anilines is 1. The summed E-state index contributed by atoms with van der Waals surface area (Å²) in [4.78, 5) is 15.2. The molecule has 0 unspecified atom stereocenters. The standard InChI is InChI=1S/C18H11F5N2OS/c1-9-24-16(18(21,22)23)15(27-9)17(26)25-14-5-3-2-4-12(14)11-7-6-10(19)8-13(11)20/h2-8H,1H3,(H,25,26). The lowest BCUT2D eigenvalue weighted by atomic mass is 10.0. The van der Waals surface area contributed by atoms with Crippen molar-refractivity contribution in [2.24, 2.45) is 0 Å². The fraction of sp³-hybridized carbons (Fsp3) is 0.111. The van der Waals surface area contributed by atoms with Gasteiger partial charge in [-0.05, 0) is 25.1 Å². The first-order valence-electron chi connectivity index (χ1n) is 7.57. The molecule has 0 spiro atoms. The number of aromatic nitrogens is 1. The van der Waals surface area contributed by atoms with E-state index >= 15 is 0 Å². The van der Waals surface area contributed by atoms with Gasteiger partial charge in [-0.15, -0.1) is 11.3 Å². The number of hydrogen-bond acceptors (Lipinski definition) is 3. The van der Waals surface area contributed by atoms with Crippen molar-refractivity contribution in [3.05, 3.63) is 69.7 Å². The van der Waals surface area contributed by atoms with Crippen LogP contribution in [0.5, 0.6) is 0 Å². The van der Waals surface area contributed by atoms with Gasteiger partial charge in [0.1, 0.15) is 16.5 Å². The lowest BCUT2D eigenvalue weighted by Gasteiger charge is -2.12. The number of carbonyl (C=O) groups is 1. The van der Waals surface area contributed by atoms with Gasteiger partial charge in [0.05, 0.1) is 5.01 Å². The summed E-state index contributed by atoms with van der Waals surface area (Å²) in [5.41, 5.74) is -0.970. The molecule has 1 heterocycles. The van der Waals surface area contributed by atoms with E-state index in [9.17, 15) is 26.7 Å². The Balaban J connectivity index is 2.00. The summed E-state index contributed by atoms with van der Waals surface area (Å²) in [6, 6.07) is 8.89. The fourth-order valence-electron chi connectivity index (χ4n) is 2.49. The average molecular weight is 398 g/mol. The Morgan fingerprint density at radius 3 is 2.44 bits per heavy atom. The van der Waals surface area contributed by atoms with Gasteiger partial charge >= 0.3 is 6.18 Å². The molecule has 1 aromatic heterocycles. The Labute approximate surface area is 154 Å². The summed E-state index contributed by atoms with van der Waals surface area (Å²) < 4.78 is 66.4.